The van der Waals surface area contributed by atoms with Crippen molar-refractivity contribution < 1.29 is 9.59 Å². The Hall–Kier alpha value is -2.21. The predicted molar refractivity (Wildman–Crippen MR) is 92.2 cm³/mol. The molecule has 0 aliphatic carbocycles. The number of aromatic nitrogens is 1. The molecule has 0 aliphatic rings. The van der Waals surface area contributed by atoms with Crippen LogP contribution in [-0.2, 0) is 22.6 Å². The maximum absolute atomic E-state index is 11.9. The van der Waals surface area contributed by atoms with Crippen LogP contribution in [0.1, 0.15) is 32.0 Å². The molecular formula is C17H21N3O2S. The van der Waals surface area contributed by atoms with Gasteiger partial charge in [-0.05, 0) is 5.56 Å². The Balaban J connectivity index is 1.84. The lowest BCUT2D eigenvalue weighted by Gasteiger charge is -2.15. The molecule has 122 valence electrons. The molecule has 2 aromatic rings. The number of nitrogens with zero attached hydrogens (tertiary/aromatic N) is 1. The third-order valence-corrected chi connectivity index (χ3v) is 3.93. The number of thiazole rings is 1. The molecule has 1 aromatic carbocycles. The molecule has 0 saturated carbocycles. The molecular weight excluding hydrogens is 310 g/mol. The van der Waals surface area contributed by atoms with E-state index in [9.17, 15) is 9.59 Å². The number of hydrogen-bond donors (Lipinski definition) is 2. The summed E-state index contributed by atoms with van der Waals surface area (Å²) in [6.07, 6.45) is 0.203. The second kappa shape index (κ2) is 7.37. The highest BCUT2D eigenvalue weighted by Gasteiger charge is 2.22. The lowest BCUT2D eigenvalue weighted by molar-refractivity contribution is -0.123. The van der Waals surface area contributed by atoms with Crippen molar-refractivity contribution in [2.24, 2.45) is 5.41 Å². The molecule has 0 saturated heterocycles. The predicted octanol–water partition coefficient (Wildman–Crippen LogP) is 2.99. The first-order valence-electron chi connectivity index (χ1n) is 7.41. The van der Waals surface area contributed by atoms with Gasteiger partial charge in [0.25, 0.3) is 0 Å². The Morgan fingerprint density at radius 1 is 1.17 bits per heavy atom. The summed E-state index contributed by atoms with van der Waals surface area (Å²) < 4.78 is 0. The van der Waals surface area contributed by atoms with Crippen molar-refractivity contribution in [1.82, 2.24) is 10.3 Å². The molecule has 2 N–H and O–H groups in total. The van der Waals surface area contributed by atoms with Gasteiger partial charge >= 0.3 is 0 Å². The standard InChI is InChI=1S/C17H21N3O2S/c1-17(2,3)15(22)20-16-19-13(11-23-16)9-14(21)18-10-12-7-5-4-6-8-12/h4-8,11H,9-10H2,1-3H3,(H,18,21)(H,19,20,22). The number of amides is 2. The Morgan fingerprint density at radius 3 is 2.52 bits per heavy atom. The van der Waals surface area contributed by atoms with Gasteiger partial charge in [0, 0.05) is 17.3 Å². The molecule has 2 rings (SSSR count). The largest absolute Gasteiger partial charge is 0.352 e. The van der Waals surface area contributed by atoms with Gasteiger partial charge in [-0.3, -0.25) is 9.59 Å². The van der Waals surface area contributed by atoms with E-state index < -0.39 is 5.41 Å². The fraction of sp³-hybridized carbons (Fsp3) is 0.353. The number of anilines is 1. The van der Waals surface area contributed by atoms with E-state index >= 15 is 0 Å². The quantitative estimate of drug-likeness (QED) is 0.885. The molecule has 0 bridgehead atoms. The summed E-state index contributed by atoms with van der Waals surface area (Å²) in [6, 6.07) is 9.73. The zero-order valence-electron chi connectivity index (χ0n) is 13.6. The van der Waals surface area contributed by atoms with E-state index in [-0.39, 0.29) is 18.2 Å². The van der Waals surface area contributed by atoms with Crippen LogP contribution in [0.25, 0.3) is 0 Å². The maximum Gasteiger partial charge on any atom is 0.231 e. The monoisotopic (exact) mass is 331 g/mol. The van der Waals surface area contributed by atoms with E-state index in [0.29, 0.717) is 17.4 Å². The minimum Gasteiger partial charge on any atom is -0.352 e. The lowest BCUT2D eigenvalue weighted by Crippen LogP contribution is -2.27. The first-order valence-corrected chi connectivity index (χ1v) is 8.29. The SMILES string of the molecule is CC(C)(C)C(=O)Nc1nc(CC(=O)NCc2ccccc2)cs1. The van der Waals surface area contributed by atoms with Crippen LogP contribution in [-0.4, -0.2) is 16.8 Å². The fourth-order valence-corrected chi connectivity index (χ4v) is 2.46. The maximum atomic E-state index is 11.9. The van der Waals surface area contributed by atoms with Crippen LogP contribution < -0.4 is 10.6 Å². The van der Waals surface area contributed by atoms with Gasteiger partial charge in [-0.1, -0.05) is 51.1 Å². The Bertz CT molecular complexity index is 675. The zero-order valence-corrected chi connectivity index (χ0v) is 14.4. The second-order valence-electron chi connectivity index (χ2n) is 6.29. The molecule has 1 heterocycles. The van der Waals surface area contributed by atoms with Crippen molar-refractivity contribution in [3.63, 3.8) is 0 Å². The Morgan fingerprint density at radius 2 is 1.87 bits per heavy atom. The van der Waals surface area contributed by atoms with Gasteiger partial charge in [-0.15, -0.1) is 11.3 Å². The summed E-state index contributed by atoms with van der Waals surface area (Å²) in [5.74, 6) is -0.181. The van der Waals surface area contributed by atoms with Gasteiger partial charge in [0.05, 0.1) is 12.1 Å². The highest BCUT2D eigenvalue weighted by Crippen LogP contribution is 2.20. The summed E-state index contributed by atoms with van der Waals surface area (Å²) >= 11 is 1.33. The zero-order chi connectivity index (χ0) is 16.9. The molecule has 5 nitrogen and oxygen atoms in total. The average Bonchev–Trinajstić information content (AvgIpc) is 2.92. The number of benzene rings is 1. The van der Waals surface area contributed by atoms with E-state index in [2.05, 4.69) is 15.6 Å². The normalized spacial score (nSPS) is 11.1. The van der Waals surface area contributed by atoms with Gasteiger partial charge < -0.3 is 10.6 Å². The Labute approximate surface area is 140 Å². The van der Waals surface area contributed by atoms with Crippen molar-refractivity contribution in [3.05, 3.63) is 47.0 Å². The fourth-order valence-electron chi connectivity index (χ4n) is 1.75. The van der Waals surface area contributed by atoms with Crippen LogP contribution in [0.3, 0.4) is 0 Å². The molecule has 0 unspecified atom stereocenters. The van der Waals surface area contributed by atoms with Crippen LogP contribution in [0.15, 0.2) is 35.7 Å². The topological polar surface area (TPSA) is 71.1 Å². The van der Waals surface area contributed by atoms with Gasteiger partial charge in [-0.25, -0.2) is 4.98 Å². The second-order valence-corrected chi connectivity index (χ2v) is 7.15. The first-order chi connectivity index (χ1) is 10.8. The number of nitrogens with one attached hydrogen (secondary N) is 2. The van der Waals surface area contributed by atoms with Gasteiger partial charge in [-0.2, -0.15) is 0 Å². The van der Waals surface area contributed by atoms with Crippen molar-refractivity contribution in [2.45, 2.75) is 33.7 Å². The van der Waals surface area contributed by atoms with Crippen LogP contribution in [0.4, 0.5) is 5.13 Å². The smallest absolute Gasteiger partial charge is 0.231 e. The third kappa shape index (κ3) is 5.49. The van der Waals surface area contributed by atoms with E-state index in [0.717, 1.165) is 5.56 Å². The van der Waals surface area contributed by atoms with Gasteiger partial charge in [0.15, 0.2) is 5.13 Å². The molecule has 0 aliphatic heterocycles. The third-order valence-electron chi connectivity index (χ3n) is 3.13. The van der Waals surface area contributed by atoms with Crippen LogP contribution in [0, 0.1) is 5.41 Å². The van der Waals surface area contributed by atoms with Crippen molar-refractivity contribution >= 4 is 28.3 Å². The van der Waals surface area contributed by atoms with Crippen LogP contribution >= 0.6 is 11.3 Å². The number of carbonyl (C=O) groups excluding carboxylic acids is 2. The molecule has 6 heteroatoms. The van der Waals surface area contributed by atoms with Gasteiger partial charge in [0.1, 0.15) is 0 Å². The van der Waals surface area contributed by atoms with Crippen LogP contribution in [0.5, 0.6) is 0 Å². The summed E-state index contributed by atoms with van der Waals surface area (Å²) in [5.41, 5.74) is 1.24. The molecule has 0 fully saturated rings. The number of hydrogen-bond acceptors (Lipinski definition) is 4. The highest BCUT2D eigenvalue weighted by atomic mass is 32.1. The molecule has 0 spiro atoms. The number of carbonyl (C=O) groups is 2. The Kier molecular flexibility index (Phi) is 5.50. The van der Waals surface area contributed by atoms with E-state index in [1.807, 2.05) is 51.1 Å². The van der Waals surface area contributed by atoms with Crippen molar-refractivity contribution in [2.75, 3.05) is 5.32 Å². The molecule has 0 radical (unpaired) electrons. The molecule has 23 heavy (non-hydrogen) atoms. The van der Waals surface area contributed by atoms with E-state index in [1.54, 1.807) is 5.38 Å². The van der Waals surface area contributed by atoms with E-state index in [1.165, 1.54) is 11.3 Å². The lowest BCUT2D eigenvalue weighted by atomic mass is 9.96. The number of rotatable bonds is 5. The van der Waals surface area contributed by atoms with Crippen LogP contribution in [0.2, 0.25) is 0 Å². The summed E-state index contributed by atoms with van der Waals surface area (Å²) in [4.78, 5) is 28.1. The highest BCUT2D eigenvalue weighted by molar-refractivity contribution is 7.13. The summed E-state index contributed by atoms with van der Waals surface area (Å²) in [5, 5.41) is 7.95. The van der Waals surface area contributed by atoms with Crippen molar-refractivity contribution in [3.8, 4) is 0 Å². The summed E-state index contributed by atoms with van der Waals surface area (Å²) in [6.45, 7) is 6.02. The first kappa shape index (κ1) is 17.1. The summed E-state index contributed by atoms with van der Waals surface area (Å²) in [7, 11) is 0. The van der Waals surface area contributed by atoms with Crippen molar-refractivity contribution in [1.29, 1.82) is 0 Å². The molecule has 2 amide bonds. The minimum atomic E-state index is -0.473. The average molecular weight is 331 g/mol. The molecule has 1 aromatic heterocycles. The van der Waals surface area contributed by atoms with Gasteiger partial charge in [0.2, 0.25) is 11.8 Å². The van der Waals surface area contributed by atoms with E-state index in [4.69, 9.17) is 0 Å². The molecule has 0 atom stereocenters. The minimum absolute atomic E-state index is 0.0900.